The molecule has 170 valence electrons. The molecule has 7 nitrogen and oxygen atoms in total. The number of hydrogen-bond donors (Lipinski definition) is 1. The Morgan fingerprint density at radius 3 is 2.70 bits per heavy atom. The molecule has 1 N–H and O–H groups in total. The van der Waals surface area contributed by atoms with Gasteiger partial charge in [0.1, 0.15) is 21.5 Å². The Bertz CT molecular complexity index is 1290. The number of rotatable bonds is 8. The summed E-state index contributed by atoms with van der Waals surface area (Å²) in [5.74, 6) is 1.06. The number of fused-ring (bicyclic) bond motifs is 1. The molecule has 33 heavy (non-hydrogen) atoms. The lowest BCUT2D eigenvalue weighted by Crippen LogP contribution is -2.30. The highest BCUT2D eigenvalue weighted by molar-refractivity contribution is 8.26. The topological polar surface area (TPSA) is 75.9 Å². The molecule has 9 heteroatoms. The lowest BCUT2D eigenvalue weighted by Gasteiger charge is -2.14. The third-order valence-corrected chi connectivity index (χ3v) is 6.62. The first-order valence-electron chi connectivity index (χ1n) is 10.7. The first-order valence-corrected chi connectivity index (χ1v) is 11.9. The molecule has 1 aliphatic rings. The lowest BCUT2D eigenvalue weighted by atomic mass is 10.1. The van der Waals surface area contributed by atoms with Crippen molar-refractivity contribution >= 4 is 51.7 Å². The molecule has 1 saturated heterocycles. The standard InChI is InChI=1S/C24H24N4O3S2/c1-3-12-25-21-18(22(29)27-13-5-4-6-20(27)26-21)15-19-23(30)28(24(32)33-19)14-11-16-7-9-17(31-2)10-8-16/h4-10,13,15,25H,3,11-12,14H2,1-2H3/b19-15+. The van der Waals surface area contributed by atoms with E-state index >= 15 is 0 Å². The number of ether oxygens (including phenoxy) is 1. The molecule has 0 spiro atoms. The summed E-state index contributed by atoms with van der Waals surface area (Å²) in [7, 11) is 1.63. The van der Waals surface area contributed by atoms with Crippen LogP contribution in [-0.4, -0.2) is 44.7 Å². The number of amides is 1. The van der Waals surface area contributed by atoms with Gasteiger partial charge in [0.25, 0.3) is 11.5 Å². The number of methoxy groups -OCH3 is 1. The van der Waals surface area contributed by atoms with Gasteiger partial charge in [0.2, 0.25) is 0 Å². The van der Waals surface area contributed by atoms with E-state index in [9.17, 15) is 9.59 Å². The molecule has 4 rings (SSSR count). The van der Waals surface area contributed by atoms with Crippen LogP contribution in [0.5, 0.6) is 5.75 Å². The molecule has 1 aliphatic heterocycles. The average molecular weight is 481 g/mol. The Balaban J connectivity index is 1.61. The summed E-state index contributed by atoms with van der Waals surface area (Å²) < 4.78 is 7.15. The minimum Gasteiger partial charge on any atom is -0.497 e. The number of nitrogens with zero attached hydrogens (tertiary/aromatic N) is 3. The number of benzene rings is 1. The predicted molar refractivity (Wildman–Crippen MR) is 137 cm³/mol. The fourth-order valence-corrected chi connectivity index (χ4v) is 4.76. The Morgan fingerprint density at radius 1 is 1.18 bits per heavy atom. The fourth-order valence-electron chi connectivity index (χ4n) is 3.47. The first kappa shape index (κ1) is 23.0. The molecule has 0 saturated carbocycles. The van der Waals surface area contributed by atoms with Crippen molar-refractivity contribution in [1.29, 1.82) is 0 Å². The van der Waals surface area contributed by atoms with Crippen LogP contribution in [0, 0.1) is 0 Å². The summed E-state index contributed by atoms with van der Waals surface area (Å²) in [6, 6.07) is 13.1. The zero-order valence-corrected chi connectivity index (χ0v) is 20.0. The maximum Gasteiger partial charge on any atom is 0.267 e. The van der Waals surface area contributed by atoms with E-state index in [0.717, 1.165) is 17.7 Å². The second-order valence-electron chi connectivity index (χ2n) is 7.47. The van der Waals surface area contributed by atoms with E-state index in [2.05, 4.69) is 10.3 Å². The normalized spacial score (nSPS) is 15.0. The molecule has 3 aromatic rings. The van der Waals surface area contributed by atoms with Crippen LogP contribution in [0.3, 0.4) is 0 Å². The second kappa shape index (κ2) is 10.2. The van der Waals surface area contributed by atoms with Crippen LogP contribution in [0.15, 0.2) is 58.4 Å². The number of hydrogen-bond acceptors (Lipinski definition) is 7. The zero-order valence-electron chi connectivity index (χ0n) is 18.4. The predicted octanol–water partition coefficient (Wildman–Crippen LogP) is 3.97. The van der Waals surface area contributed by atoms with Crippen molar-refractivity contribution in [1.82, 2.24) is 14.3 Å². The highest BCUT2D eigenvalue weighted by Crippen LogP contribution is 2.33. The van der Waals surface area contributed by atoms with Crippen LogP contribution < -0.4 is 15.6 Å². The van der Waals surface area contributed by atoms with Crippen molar-refractivity contribution < 1.29 is 9.53 Å². The Labute approximate surface area is 201 Å². The molecule has 0 radical (unpaired) electrons. The monoisotopic (exact) mass is 480 g/mol. The molecule has 0 bridgehead atoms. The van der Waals surface area contributed by atoms with Crippen molar-refractivity contribution in [2.75, 3.05) is 25.5 Å². The third-order valence-electron chi connectivity index (χ3n) is 5.24. The highest BCUT2D eigenvalue weighted by atomic mass is 32.2. The number of carbonyl (C=O) groups is 1. The van der Waals surface area contributed by atoms with E-state index in [1.165, 1.54) is 16.2 Å². The summed E-state index contributed by atoms with van der Waals surface area (Å²) in [6.07, 6.45) is 4.82. The van der Waals surface area contributed by atoms with E-state index in [0.29, 0.717) is 45.8 Å². The van der Waals surface area contributed by atoms with Crippen molar-refractivity contribution in [3.05, 3.63) is 75.0 Å². The van der Waals surface area contributed by atoms with Gasteiger partial charge in [-0.25, -0.2) is 4.98 Å². The summed E-state index contributed by atoms with van der Waals surface area (Å²) in [5.41, 5.74) is 1.74. The van der Waals surface area contributed by atoms with Crippen molar-refractivity contribution in [2.45, 2.75) is 19.8 Å². The van der Waals surface area contributed by atoms with Gasteiger partial charge in [-0.1, -0.05) is 49.1 Å². The summed E-state index contributed by atoms with van der Waals surface area (Å²) in [5, 5.41) is 3.22. The molecule has 0 unspecified atom stereocenters. The highest BCUT2D eigenvalue weighted by Gasteiger charge is 2.32. The minimum absolute atomic E-state index is 0.197. The van der Waals surface area contributed by atoms with Gasteiger partial charge in [-0.05, 0) is 48.7 Å². The SMILES string of the molecule is CCCNc1nc2ccccn2c(=O)c1/C=C1/SC(=S)N(CCc2ccc(OC)cc2)C1=O. The molecule has 0 atom stereocenters. The summed E-state index contributed by atoms with van der Waals surface area (Å²) in [6.45, 7) is 3.16. The van der Waals surface area contributed by atoms with Gasteiger partial charge in [-0.2, -0.15) is 0 Å². The van der Waals surface area contributed by atoms with E-state index in [4.69, 9.17) is 17.0 Å². The van der Waals surface area contributed by atoms with Crippen LogP contribution in [-0.2, 0) is 11.2 Å². The van der Waals surface area contributed by atoms with Crippen LogP contribution >= 0.6 is 24.0 Å². The van der Waals surface area contributed by atoms with Crippen LogP contribution in [0.2, 0.25) is 0 Å². The number of thiocarbonyl (C=S) groups is 1. The maximum atomic E-state index is 13.2. The van der Waals surface area contributed by atoms with Gasteiger partial charge in [-0.3, -0.25) is 18.9 Å². The first-order chi connectivity index (χ1) is 16.0. The van der Waals surface area contributed by atoms with Gasteiger partial charge < -0.3 is 10.1 Å². The van der Waals surface area contributed by atoms with E-state index in [1.807, 2.05) is 37.3 Å². The molecule has 1 aromatic carbocycles. The number of pyridine rings is 1. The average Bonchev–Trinajstić information content (AvgIpc) is 3.10. The van der Waals surface area contributed by atoms with Crippen LogP contribution in [0.1, 0.15) is 24.5 Å². The lowest BCUT2D eigenvalue weighted by molar-refractivity contribution is -0.122. The smallest absolute Gasteiger partial charge is 0.267 e. The Kier molecular flexibility index (Phi) is 7.10. The largest absolute Gasteiger partial charge is 0.497 e. The van der Waals surface area contributed by atoms with E-state index in [1.54, 1.807) is 36.4 Å². The van der Waals surface area contributed by atoms with Gasteiger partial charge in [0.05, 0.1) is 17.6 Å². The summed E-state index contributed by atoms with van der Waals surface area (Å²) >= 11 is 6.68. The molecular weight excluding hydrogens is 456 g/mol. The van der Waals surface area contributed by atoms with Gasteiger partial charge in [0, 0.05) is 19.3 Å². The number of carbonyl (C=O) groups excluding carboxylic acids is 1. The number of anilines is 1. The van der Waals surface area contributed by atoms with Crippen molar-refractivity contribution in [3.8, 4) is 5.75 Å². The molecule has 1 fully saturated rings. The second-order valence-corrected chi connectivity index (χ2v) is 9.14. The fraction of sp³-hybridized carbons (Fsp3) is 0.250. The Morgan fingerprint density at radius 2 is 1.97 bits per heavy atom. The van der Waals surface area contributed by atoms with Crippen LogP contribution in [0.25, 0.3) is 11.7 Å². The molecule has 1 amide bonds. The number of aromatic nitrogens is 2. The minimum atomic E-state index is -0.234. The Hall–Kier alpha value is -3.17. The van der Waals surface area contributed by atoms with Gasteiger partial charge in [0.15, 0.2) is 0 Å². The zero-order chi connectivity index (χ0) is 23.4. The van der Waals surface area contributed by atoms with E-state index < -0.39 is 0 Å². The maximum absolute atomic E-state index is 13.2. The molecule has 2 aromatic heterocycles. The van der Waals surface area contributed by atoms with Gasteiger partial charge in [-0.15, -0.1) is 0 Å². The third kappa shape index (κ3) is 4.94. The molecule has 0 aliphatic carbocycles. The molecular formula is C24H24N4O3S2. The summed E-state index contributed by atoms with van der Waals surface area (Å²) in [4.78, 5) is 32.9. The van der Waals surface area contributed by atoms with Gasteiger partial charge >= 0.3 is 0 Å². The quantitative estimate of drug-likeness (QED) is 0.386. The number of nitrogens with one attached hydrogen (secondary N) is 1. The van der Waals surface area contributed by atoms with Crippen molar-refractivity contribution in [3.63, 3.8) is 0 Å². The van der Waals surface area contributed by atoms with Crippen LogP contribution in [0.4, 0.5) is 5.82 Å². The molecule has 3 heterocycles. The van der Waals surface area contributed by atoms with E-state index in [-0.39, 0.29) is 11.5 Å². The van der Waals surface area contributed by atoms with Crippen molar-refractivity contribution in [2.24, 2.45) is 0 Å². The number of thioether (sulfide) groups is 1.